The lowest BCUT2D eigenvalue weighted by molar-refractivity contribution is 0.431. The van der Waals surface area contributed by atoms with Crippen molar-refractivity contribution in [3.8, 4) is 22.8 Å². The number of hydrogen-bond donors (Lipinski definition) is 1. The first-order valence-corrected chi connectivity index (χ1v) is 8.72. The Morgan fingerprint density at radius 2 is 2.12 bits per heavy atom. The Hall–Kier alpha value is -2.99. The third-order valence-corrected chi connectivity index (χ3v) is 4.88. The van der Waals surface area contributed by atoms with Gasteiger partial charge < -0.3 is 14.3 Å². The van der Waals surface area contributed by atoms with Crippen LogP contribution in [0.25, 0.3) is 33.8 Å². The summed E-state index contributed by atoms with van der Waals surface area (Å²) in [6, 6.07) is 7.93. The van der Waals surface area contributed by atoms with Gasteiger partial charge in [0, 0.05) is 29.4 Å². The van der Waals surface area contributed by atoms with Crippen LogP contribution in [0.2, 0.25) is 0 Å². The number of nitrogens with one attached hydrogen (secondary N) is 1. The van der Waals surface area contributed by atoms with Crippen LogP contribution in [0, 0.1) is 13.8 Å². The maximum absolute atomic E-state index is 5.83. The highest BCUT2D eigenvalue weighted by atomic mass is 16.5. The van der Waals surface area contributed by atoms with E-state index >= 15 is 0 Å². The smallest absolute Gasteiger partial charge is 0.262 e. The second kappa shape index (κ2) is 5.78. The SMILES string of the molecule is Cc1cc2cccc(-c3nc(-c4c(C)ncc5c4CCNC5)no3)c2o1. The van der Waals surface area contributed by atoms with E-state index in [9.17, 15) is 0 Å². The number of aromatic nitrogens is 3. The molecule has 130 valence electrons. The molecule has 0 spiro atoms. The molecule has 3 aromatic heterocycles. The van der Waals surface area contributed by atoms with E-state index < -0.39 is 0 Å². The number of hydrogen-bond acceptors (Lipinski definition) is 6. The lowest BCUT2D eigenvalue weighted by Crippen LogP contribution is -2.24. The summed E-state index contributed by atoms with van der Waals surface area (Å²) in [6.07, 6.45) is 2.87. The zero-order valence-corrected chi connectivity index (χ0v) is 14.7. The van der Waals surface area contributed by atoms with E-state index in [0.29, 0.717) is 11.7 Å². The van der Waals surface area contributed by atoms with E-state index in [1.54, 1.807) is 0 Å². The second-order valence-corrected chi connectivity index (χ2v) is 6.65. The summed E-state index contributed by atoms with van der Waals surface area (Å²) in [6.45, 7) is 5.69. The van der Waals surface area contributed by atoms with E-state index in [4.69, 9.17) is 8.94 Å². The molecule has 0 bridgehead atoms. The highest BCUT2D eigenvalue weighted by Crippen LogP contribution is 2.33. The molecule has 0 saturated heterocycles. The fraction of sp³-hybridized carbons (Fsp3) is 0.250. The normalized spacial score (nSPS) is 13.9. The number of fused-ring (bicyclic) bond motifs is 2. The van der Waals surface area contributed by atoms with Gasteiger partial charge in [-0.1, -0.05) is 17.3 Å². The Kier molecular flexibility index (Phi) is 3.39. The molecule has 4 heterocycles. The van der Waals surface area contributed by atoms with Crippen LogP contribution in [-0.4, -0.2) is 21.7 Å². The number of aryl methyl sites for hydroxylation is 2. The van der Waals surface area contributed by atoms with Crippen LogP contribution >= 0.6 is 0 Å². The minimum absolute atomic E-state index is 0.464. The molecular weight excluding hydrogens is 328 g/mol. The molecule has 0 unspecified atom stereocenters. The first-order chi connectivity index (χ1) is 12.7. The van der Waals surface area contributed by atoms with Gasteiger partial charge in [-0.05, 0) is 50.1 Å². The molecule has 6 heteroatoms. The lowest BCUT2D eigenvalue weighted by atomic mass is 9.95. The van der Waals surface area contributed by atoms with Crippen LogP contribution in [0.1, 0.15) is 22.6 Å². The van der Waals surface area contributed by atoms with Crippen molar-refractivity contribution in [2.75, 3.05) is 6.54 Å². The molecule has 0 radical (unpaired) electrons. The maximum Gasteiger partial charge on any atom is 0.262 e. The number of nitrogens with zero attached hydrogens (tertiary/aromatic N) is 3. The third kappa shape index (κ3) is 2.34. The van der Waals surface area contributed by atoms with E-state index in [-0.39, 0.29) is 0 Å². The molecule has 26 heavy (non-hydrogen) atoms. The van der Waals surface area contributed by atoms with Gasteiger partial charge >= 0.3 is 0 Å². The summed E-state index contributed by atoms with van der Waals surface area (Å²) < 4.78 is 11.4. The monoisotopic (exact) mass is 346 g/mol. The van der Waals surface area contributed by atoms with Crippen LogP contribution in [-0.2, 0) is 13.0 Å². The Morgan fingerprint density at radius 1 is 1.19 bits per heavy atom. The number of furan rings is 1. The third-order valence-electron chi connectivity index (χ3n) is 4.88. The summed E-state index contributed by atoms with van der Waals surface area (Å²) >= 11 is 0. The summed E-state index contributed by atoms with van der Waals surface area (Å²) in [5.74, 6) is 1.91. The van der Waals surface area contributed by atoms with E-state index in [0.717, 1.165) is 53.1 Å². The molecule has 1 aliphatic rings. The molecule has 1 aliphatic heterocycles. The van der Waals surface area contributed by atoms with Crippen molar-refractivity contribution < 1.29 is 8.94 Å². The second-order valence-electron chi connectivity index (χ2n) is 6.65. The van der Waals surface area contributed by atoms with Crippen molar-refractivity contribution in [1.82, 2.24) is 20.4 Å². The van der Waals surface area contributed by atoms with Crippen molar-refractivity contribution in [3.63, 3.8) is 0 Å². The first kappa shape index (κ1) is 15.3. The molecule has 0 aliphatic carbocycles. The van der Waals surface area contributed by atoms with Crippen LogP contribution in [0.4, 0.5) is 0 Å². The number of pyridine rings is 1. The molecule has 6 nitrogen and oxygen atoms in total. The largest absolute Gasteiger partial charge is 0.461 e. The highest BCUT2D eigenvalue weighted by molar-refractivity contribution is 5.90. The molecule has 0 saturated carbocycles. The molecule has 4 aromatic rings. The van der Waals surface area contributed by atoms with Crippen molar-refractivity contribution in [1.29, 1.82) is 0 Å². The zero-order valence-electron chi connectivity index (χ0n) is 14.7. The van der Waals surface area contributed by atoms with Gasteiger partial charge in [0.2, 0.25) is 5.82 Å². The van der Waals surface area contributed by atoms with Crippen LogP contribution in [0.3, 0.4) is 0 Å². The van der Waals surface area contributed by atoms with E-state index in [2.05, 4.69) is 20.4 Å². The fourth-order valence-electron chi connectivity index (χ4n) is 3.66. The van der Waals surface area contributed by atoms with Crippen molar-refractivity contribution in [2.45, 2.75) is 26.8 Å². The molecular formula is C20H18N4O2. The Morgan fingerprint density at radius 3 is 3.04 bits per heavy atom. The maximum atomic E-state index is 5.83. The van der Waals surface area contributed by atoms with Gasteiger partial charge in [0.25, 0.3) is 5.89 Å². The van der Waals surface area contributed by atoms with Crippen LogP contribution < -0.4 is 5.32 Å². The zero-order chi connectivity index (χ0) is 17.7. The van der Waals surface area contributed by atoms with E-state index in [1.807, 2.05) is 44.3 Å². The molecule has 1 N–H and O–H groups in total. The average Bonchev–Trinajstić information content (AvgIpc) is 3.27. The topological polar surface area (TPSA) is 77.0 Å². The Balaban J connectivity index is 1.65. The van der Waals surface area contributed by atoms with Gasteiger partial charge in [-0.2, -0.15) is 4.98 Å². The van der Waals surface area contributed by atoms with Crippen LogP contribution in [0.15, 0.2) is 39.4 Å². The quantitative estimate of drug-likeness (QED) is 0.595. The van der Waals surface area contributed by atoms with Gasteiger partial charge in [0.05, 0.1) is 5.56 Å². The van der Waals surface area contributed by atoms with E-state index in [1.165, 1.54) is 11.1 Å². The average molecular weight is 346 g/mol. The minimum atomic E-state index is 0.464. The summed E-state index contributed by atoms with van der Waals surface area (Å²) in [7, 11) is 0. The minimum Gasteiger partial charge on any atom is -0.461 e. The number of rotatable bonds is 2. The standard InChI is InChI=1S/C20H18N4O2/c1-11-8-13-4-3-5-16(18(13)25-11)20-23-19(24-26-20)17-12(2)22-10-14-9-21-7-6-15(14)17/h3-5,8,10,21H,6-7,9H2,1-2H3. The van der Waals surface area contributed by atoms with Crippen LogP contribution in [0.5, 0.6) is 0 Å². The Labute approximate surface area is 150 Å². The first-order valence-electron chi connectivity index (χ1n) is 8.72. The number of benzene rings is 1. The van der Waals surface area contributed by atoms with Gasteiger partial charge in [-0.15, -0.1) is 0 Å². The summed E-state index contributed by atoms with van der Waals surface area (Å²) in [4.78, 5) is 9.20. The highest BCUT2D eigenvalue weighted by Gasteiger charge is 2.22. The molecule has 0 fully saturated rings. The van der Waals surface area contributed by atoms with Crippen molar-refractivity contribution in [2.24, 2.45) is 0 Å². The summed E-state index contributed by atoms with van der Waals surface area (Å²) in [5, 5.41) is 8.66. The molecule has 5 rings (SSSR count). The lowest BCUT2D eigenvalue weighted by Gasteiger charge is -2.19. The Bertz CT molecular complexity index is 1130. The van der Waals surface area contributed by atoms with Crippen molar-refractivity contribution >= 4 is 11.0 Å². The van der Waals surface area contributed by atoms with Crippen molar-refractivity contribution in [3.05, 3.63) is 53.0 Å². The molecule has 0 atom stereocenters. The fourth-order valence-corrected chi connectivity index (χ4v) is 3.66. The number of para-hydroxylation sites is 1. The van der Waals surface area contributed by atoms with Gasteiger partial charge in [0.1, 0.15) is 11.3 Å². The predicted molar refractivity (Wildman–Crippen MR) is 97.6 cm³/mol. The summed E-state index contributed by atoms with van der Waals surface area (Å²) in [5.41, 5.74) is 5.95. The van der Waals surface area contributed by atoms with Gasteiger partial charge in [-0.25, -0.2) is 0 Å². The van der Waals surface area contributed by atoms with Gasteiger partial charge in [-0.3, -0.25) is 4.98 Å². The molecule has 0 amide bonds. The predicted octanol–water partition coefficient (Wildman–Crippen LogP) is 3.81. The van der Waals surface area contributed by atoms with Gasteiger partial charge in [0.15, 0.2) is 0 Å². The molecule has 1 aromatic carbocycles.